The number of nitrogens with one attached hydrogen (secondary N) is 2. The third kappa shape index (κ3) is 2.84. The van der Waals surface area contributed by atoms with Crippen LogP contribution in [-0.4, -0.2) is 71.2 Å². The Morgan fingerprint density at radius 3 is 2.48 bits per heavy atom. The second kappa shape index (κ2) is 7.05. The Hall–Kier alpha value is -1.67. The Labute approximate surface area is 160 Å². The highest BCUT2D eigenvalue weighted by molar-refractivity contribution is 5.99. The first-order valence-electron chi connectivity index (χ1n) is 9.82. The highest BCUT2D eigenvalue weighted by Crippen LogP contribution is 2.58. The number of carbonyl (C=O) groups is 3. The van der Waals surface area contributed by atoms with Crippen LogP contribution in [0, 0.1) is 17.8 Å². The first kappa shape index (κ1) is 20.1. The maximum Gasteiger partial charge on any atom is 0.246 e. The molecule has 3 heterocycles. The van der Waals surface area contributed by atoms with E-state index in [4.69, 9.17) is 4.74 Å². The summed E-state index contributed by atoms with van der Waals surface area (Å²) in [5, 5.41) is 15.5. The van der Waals surface area contributed by atoms with Crippen LogP contribution in [0.1, 0.15) is 40.5 Å². The van der Waals surface area contributed by atoms with E-state index in [0.717, 1.165) is 0 Å². The number of aliphatic hydroxyl groups excluding tert-OH is 1. The van der Waals surface area contributed by atoms with E-state index >= 15 is 0 Å². The SMILES string of the molecule is CNC(=O)[C@@H]1[C@@H]2CCC3(O2)C(C(=O)NC(C)C)N([C@@H](CO)C(C)C)C(=O)[C@H]13. The molecule has 8 nitrogen and oxygen atoms in total. The molecule has 27 heavy (non-hydrogen) atoms. The quantitative estimate of drug-likeness (QED) is 0.583. The minimum atomic E-state index is -1.000. The van der Waals surface area contributed by atoms with E-state index in [1.807, 2.05) is 27.7 Å². The fourth-order valence-electron chi connectivity index (χ4n) is 5.20. The van der Waals surface area contributed by atoms with Crippen LogP contribution in [0.15, 0.2) is 0 Å². The lowest BCUT2D eigenvalue weighted by molar-refractivity contribution is -0.147. The zero-order valence-electron chi connectivity index (χ0n) is 16.7. The van der Waals surface area contributed by atoms with Gasteiger partial charge in [-0.05, 0) is 32.6 Å². The molecule has 1 spiro atoms. The zero-order chi connectivity index (χ0) is 20.1. The highest BCUT2D eigenvalue weighted by atomic mass is 16.5. The lowest BCUT2D eigenvalue weighted by Crippen LogP contribution is -2.59. The molecule has 3 N–H and O–H groups in total. The van der Waals surface area contributed by atoms with Crippen LogP contribution in [0.3, 0.4) is 0 Å². The fraction of sp³-hybridized carbons (Fsp3) is 0.842. The summed E-state index contributed by atoms with van der Waals surface area (Å²) in [5.41, 5.74) is -1.000. The van der Waals surface area contributed by atoms with Crippen LogP contribution >= 0.6 is 0 Å². The molecule has 0 aromatic rings. The van der Waals surface area contributed by atoms with Crippen LogP contribution in [0.2, 0.25) is 0 Å². The summed E-state index contributed by atoms with van der Waals surface area (Å²) < 4.78 is 6.24. The van der Waals surface area contributed by atoms with Crippen LogP contribution in [0.25, 0.3) is 0 Å². The van der Waals surface area contributed by atoms with Gasteiger partial charge in [0.05, 0.1) is 30.6 Å². The molecule has 6 atom stereocenters. The van der Waals surface area contributed by atoms with Crippen molar-refractivity contribution < 1.29 is 24.2 Å². The van der Waals surface area contributed by atoms with Gasteiger partial charge in [0.1, 0.15) is 11.6 Å². The Balaban J connectivity index is 2.08. The Morgan fingerprint density at radius 1 is 1.30 bits per heavy atom. The first-order valence-corrected chi connectivity index (χ1v) is 9.82. The largest absolute Gasteiger partial charge is 0.394 e. The molecule has 152 valence electrons. The Morgan fingerprint density at radius 2 is 1.96 bits per heavy atom. The van der Waals surface area contributed by atoms with Crippen molar-refractivity contribution in [2.45, 2.75) is 70.4 Å². The number of likely N-dealkylation sites (tertiary alicyclic amines) is 1. The zero-order valence-corrected chi connectivity index (χ0v) is 16.7. The Kier molecular flexibility index (Phi) is 5.24. The van der Waals surface area contributed by atoms with Crippen molar-refractivity contribution in [3.8, 4) is 0 Å². The minimum absolute atomic E-state index is 0.0424. The summed E-state index contributed by atoms with van der Waals surface area (Å²) in [7, 11) is 1.55. The second-order valence-corrected chi connectivity index (χ2v) is 8.57. The lowest BCUT2D eigenvalue weighted by atomic mass is 9.70. The van der Waals surface area contributed by atoms with Crippen LogP contribution in [0.5, 0.6) is 0 Å². The lowest BCUT2D eigenvalue weighted by Gasteiger charge is -2.38. The van der Waals surface area contributed by atoms with Crippen molar-refractivity contribution in [2.75, 3.05) is 13.7 Å². The number of aliphatic hydroxyl groups is 1. The molecule has 3 aliphatic heterocycles. The summed E-state index contributed by atoms with van der Waals surface area (Å²) >= 11 is 0. The molecule has 3 fully saturated rings. The van der Waals surface area contributed by atoms with Crippen LogP contribution in [-0.2, 0) is 19.1 Å². The van der Waals surface area contributed by atoms with Gasteiger partial charge >= 0.3 is 0 Å². The number of nitrogens with zero attached hydrogens (tertiary/aromatic N) is 1. The maximum absolute atomic E-state index is 13.5. The molecule has 3 amide bonds. The standard InChI is InChI=1S/C19H31N3O5/c1-9(2)11(8-23)22-15(17(25)21-10(3)4)19-7-6-12(27-19)13(16(24)20-5)14(19)18(22)26/h9-15,23H,6-8H2,1-5H3,(H,20,24)(H,21,25)/t11-,12-,13+,14-,15?,19?/m0/s1. The fourth-order valence-corrected chi connectivity index (χ4v) is 5.20. The monoisotopic (exact) mass is 381 g/mol. The molecule has 3 aliphatic rings. The number of fused-ring (bicyclic) bond motifs is 1. The van der Waals surface area contributed by atoms with Crippen molar-refractivity contribution in [3.63, 3.8) is 0 Å². The van der Waals surface area contributed by atoms with E-state index in [2.05, 4.69) is 10.6 Å². The molecule has 2 unspecified atom stereocenters. The van der Waals surface area contributed by atoms with Gasteiger partial charge in [0.2, 0.25) is 17.7 Å². The van der Waals surface area contributed by atoms with E-state index in [1.165, 1.54) is 4.90 Å². The molecule has 0 aromatic heterocycles. The number of hydrogen-bond donors (Lipinski definition) is 3. The smallest absolute Gasteiger partial charge is 0.246 e. The van der Waals surface area contributed by atoms with Crippen molar-refractivity contribution in [1.82, 2.24) is 15.5 Å². The van der Waals surface area contributed by atoms with Crippen molar-refractivity contribution in [3.05, 3.63) is 0 Å². The van der Waals surface area contributed by atoms with Gasteiger partial charge in [0, 0.05) is 13.1 Å². The number of carbonyl (C=O) groups excluding carboxylic acids is 3. The predicted octanol–water partition coefficient (Wildman–Crippen LogP) is -0.351. The molecule has 0 radical (unpaired) electrons. The van der Waals surface area contributed by atoms with Crippen molar-refractivity contribution in [1.29, 1.82) is 0 Å². The van der Waals surface area contributed by atoms with E-state index in [-0.39, 0.29) is 42.4 Å². The first-order chi connectivity index (χ1) is 12.7. The van der Waals surface area contributed by atoms with Gasteiger partial charge in [-0.1, -0.05) is 13.8 Å². The maximum atomic E-state index is 13.5. The summed E-state index contributed by atoms with van der Waals surface area (Å²) in [6, 6.07) is -1.44. The van der Waals surface area contributed by atoms with Gasteiger partial charge in [-0.2, -0.15) is 0 Å². The average molecular weight is 381 g/mol. The van der Waals surface area contributed by atoms with E-state index < -0.39 is 29.5 Å². The van der Waals surface area contributed by atoms with E-state index in [9.17, 15) is 19.5 Å². The van der Waals surface area contributed by atoms with E-state index in [0.29, 0.717) is 12.8 Å². The number of ether oxygens (including phenoxy) is 1. The van der Waals surface area contributed by atoms with Crippen LogP contribution in [0.4, 0.5) is 0 Å². The molecule has 0 aromatic carbocycles. The second-order valence-electron chi connectivity index (χ2n) is 8.57. The summed E-state index contributed by atoms with van der Waals surface area (Å²) in [4.78, 5) is 40.7. The normalized spacial score (nSPS) is 35.7. The molecule has 3 rings (SSSR count). The van der Waals surface area contributed by atoms with Crippen molar-refractivity contribution >= 4 is 17.7 Å². The molecule has 8 heteroatoms. The highest BCUT2D eigenvalue weighted by Gasteiger charge is 2.75. The summed E-state index contributed by atoms with van der Waals surface area (Å²) in [5.74, 6) is -2.09. The minimum Gasteiger partial charge on any atom is -0.394 e. The molecule has 3 saturated heterocycles. The number of hydrogen-bond acceptors (Lipinski definition) is 5. The Bertz CT molecular complexity index is 637. The molecule has 2 bridgehead atoms. The van der Waals surface area contributed by atoms with Gasteiger partial charge in [-0.3, -0.25) is 14.4 Å². The van der Waals surface area contributed by atoms with Gasteiger partial charge in [0.15, 0.2) is 0 Å². The molecule has 0 saturated carbocycles. The molecule has 0 aliphatic carbocycles. The molecular weight excluding hydrogens is 350 g/mol. The summed E-state index contributed by atoms with van der Waals surface area (Å²) in [6.07, 6.45) is 0.860. The van der Waals surface area contributed by atoms with E-state index in [1.54, 1.807) is 7.05 Å². The van der Waals surface area contributed by atoms with Gasteiger partial charge in [-0.25, -0.2) is 0 Å². The predicted molar refractivity (Wildman–Crippen MR) is 97.5 cm³/mol. The topological polar surface area (TPSA) is 108 Å². The van der Waals surface area contributed by atoms with Gasteiger partial charge in [-0.15, -0.1) is 0 Å². The van der Waals surface area contributed by atoms with Gasteiger partial charge in [0.25, 0.3) is 0 Å². The van der Waals surface area contributed by atoms with Crippen molar-refractivity contribution in [2.24, 2.45) is 17.8 Å². The number of amides is 3. The third-order valence-electron chi connectivity index (χ3n) is 6.28. The van der Waals surface area contributed by atoms with Gasteiger partial charge < -0.3 is 25.4 Å². The average Bonchev–Trinajstić information content (AvgIpc) is 3.22. The number of rotatable bonds is 6. The molecular formula is C19H31N3O5. The third-order valence-corrected chi connectivity index (χ3v) is 6.28. The summed E-state index contributed by atoms with van der Waals surface area (Å²) in [6.45, 7) is 7.30. The van der Waals surface area contributed by atoms with Crippen LogP contribution < -0.4 is 10.6 Å².